The number of hydrogen-bond acceptors (Lipinski definition) is 4. The van der Waals surface area contributed by atoms with Crippen LogP contribution >= 0.6 is 0 Å². The molecule has 0 heterocycles. The van der Waals surface area contributed by atoms with Gasteiger partial charge in [0, 0.05) is 6.92 Å². The maximum atomic E-state index is 11.4. The molecule has 0 aromatic heterocycles. The van der Waals surface area contributed by atoms with Crippen LogP contribution in [-0.4, -0.2) is 26.1 Å². The van der Waals surface area contributed by atoms with E-state index in [1.54, 1.807) is 31.4 Å². The van der Waals surface area contributed by atoms with Crippen LogP contribution in [0.25, 0.3) is 6.08 Å². The Morgan fingerprint density at radius 2 is 1.78 bits per heavy atom. The van der Waals surface area contributed by atoms with Crippen molar-refractivity contribution in [1.29, 1.82) is 0 Å². The van der Waals surface area contributed by atoms with E-state index in [9.17, 15) is 9.59 Å². The Bertz CT molecular complexity index is 462. The Morgan fingerprint density at radius 3 is 2.22 bits per heavy atom. The summed E-state index contributed by atoms with van der Waals surface area (Å²) in [4.78, 5) is 22.4. The van der Waals surface area contributed by atoms with Gasteiger partial charge < -0.3 is 14.8 Å². The van der Waals surface area contributed by atoms with Crippen LogP contribution in [0.3, 0.4) is 0 Å². The minimum Gasteiger partial charge on any atom is -0.497 e. The van der Waals surface area contributed by atoms with Crippen molar-refractivity contribution in [2.45, 2.75) is 6.92 Å². The average molecular weight is 250 g/mol. The molecule has 1 rings (SSSR count). The topological polar surface area (TPSA) is 64.6 Å². The first kappa shape index (κ1) is 13.8. The molecule has 1 amide bonds. The number of hydrogen-bond donors (Lipinski definition) is 1. The molecule has 0 spiro atoms. The molecule has 1 aromatic rings. The standard InChI is InChI=1S/C13H15NO4/c1-9(15)14-12(13(16)18-3)8-10-4-6-11(17-2)7-5-10/h4-8H,1-3H3,(H,14,15)/b12-8+/i12+1. The Balaban J connectivity index is 2.98. The van der Waals surface area contributed by atoms with E-state index in [0.29, 0.717) is 5.75 Å². The summed E-state index contributed by atoms with van der Waals surface area (Å²) in [6.45, 7) is 1.32. The Labute approximate surface area is 105 Å². The second-order valence-electron chi connectivity index (χ2n) is 3.50. The summed E-state index contributed by atoms with van der Waals surface area (Å²) in [5.74, 6) is -0.215. The second kappa shape index (κ2) is 6.44. The van der Waals surface area contributed by atoms with E-state index in [4.69, 9.17) is 4.74 Å². The third kappa shape index (κ3) is 3.93. The number of benzene rings is 1. The lowest BCUT2D eigenvalue weighted by molar-refractivity contribution is -0.137. The largest absolute Gasteiger partial charge is 0.497 e. The second-order valence-corrected chi connectivity index (χ2v) is 3.50. The summed E-state index contributed by atoms with van der Waals surface area (Å²) >= 11 is 0. The van der Waals surface area contributed by atoms with Gasteiger partial charge in [-0.1, -0.05) is 12.1 Å². The number of nitrogens with one attached hydrogen (secondary N) is 1. The van der Waals surface area contributed by atoms with E-state index in [-0.39, 0.29) is 11.6 Å². The zero-order valence-corrected chi connectivity index (χ0v) is 10.5. The smallest absolute Gasteiger partial charge is 0.354 e. The highest BCUT2D eigenvalue weighted by Gasteiger charge is 2.10. The number of esters is 1. The van der Waals surface area contributed by atoms with Crippen molar-refractivity contribution in [3.8, 4) is 5.75 Å². The molecular weight excluding hydrogens is 235 g/mol. The summed E-state index contributed by atoms with van der Waals surface area (Å²) in [6, 6.07) is 7.05. The van der Waals surface area contributed by atoms with Gasteiger partial charge in [0.25, 0.3) is 0 Å². The average Bonchev–Trinajstić information content (AvgIpc) is 2.37. The van der Waals surface area contributed by atoms with Gasteiger partial charge in [0.05, 0.1) is 14.2 Å². The molecule has 96 valence electrons. The zero-order valence-electron chi connectivity index (χ0n) is 10.5. The van der Waals surface area contributed by atoms with Gasteiger partial charge in [0.2, 0.25) is 5.91 Å². The lowest BCUT2D eigenvalue weighted by Gasteiger charge is -2.06. The van der Waals surface area contributed by atoms with E-state index < -0.39 is 5.97 Å². The number of rotatable bonds is 4. The molecule has 0 aliphatic rings. The van der Waals surface area contributed by atoms with Crippen LogP contribution in [0.4, 0.5) is 0 Å². The van der Waals surface area contributed by atoms with Crippen molar-refractivity contribution < 1.29 is 19.1 Å². The molecule has 5 heteroatoms. The fourth-order valence-corrected chi connectivity index (χ4v) is 1.31. The predicted molar refractivity (Wildman–Crippen MR) is 66.8 cm³/mol. The van der Waals surface area contributed by atoms with Crippen LogP contribution in [0.2, 0.25) is 0 Å². The van der Waals surface area contributed by atoms with Gasteiger partial charge in [0.1, 0.15) is 11.4 Å². The van der Waals surface area contributed by atoms with Gasteiger partial charge in [0.15, 0.2) is 0 Å². The molecule has 0 radical (unpaired) electrons. The van der Waals surface area contributed by atoms with Crippen molar-refractivity contribution in [3.63, 3.8) is 0 Å². The lowest BCUT2D eigenvalue weighted by Crippen LogP contribution is -2.25. The fraction of sp³-hybridized carbons (Fsp3) is 0.231. The number of carbonyl (C=O) groups is 2. The normalized spacial score (nSPS) is 10.7. The molecule has 0 aliphatic heterocycles. The van der Waals surface area contributed by atoms with Crippen LogP contribution in [0.1, 0.15) is 12.5 Å². The molecule has 1 N–H and O–H groups in total. The molecule has 0 saturated carbocycles. The predicted octanol–water partition coefficient (Wildman–Crippen LogP) is 1.35. The van der Waals surface area contributed by atoms with Gasteiger partial charge in [-0.15, -0.1) is 0 Å². The van der Waals surface area contributed by atoms with E-state index in [1.165, 1.54) is 20.1 Å². The van der Waals surface area contributed by atoms with Gasteiger partial charge >= 0.3 is 5.97 Å². The first-order valence-corrected chi connectivity index (χ1v) is 5.28. The van der Waals surface area contributed by atoms with Crippen LogP contribution in [0.15, 0.2) is 30.0 Å². The number of carbonyl (C=O) groups excluding carboxylic acids is 2. The molecule has 0 unspecified atom stereocenters. The molecule has 0 atom stereocenters. The van der Waals surface area contributed by atoms with Crippen LogP contribution in [0, 0.1) is 0 Å². The monoisotopic (exact) mass is 250 g/mol. The number of amides is 1. The van der Waals surface area contributed by atoms with Crippen molar-refractivity contribution in [3.05, 3.63) is 35.5 Å². The van der Waals surface area contributed by atoms with Gasteiger partial charge in [-0.25, -0.2) is 4.79 Å². The summed E-state index contributed by atoms with van der Waals surface area (Å²) < 4.78 is 9.61. The summed E-state index contributed by atoms with van der Waals surface area (Å²) in [7, 11) is 2.83. The van der Waals surface area contributed by atoms with E-state index in [0.717, 1.165) is 5.56 Å². The number of ether oxygens (including phenoxy) is 2. The molecule has 18 heavy (non-hydrogen) atoms. The highest BCUT2D eigenvalue weighted by molar-refractivity contribution is 5.97. The highest BCUT2D eigenvalue weighted by Crippen LogP contribution is 2.13. The Morgan fingerprint density at radius 1 is 1.17 bits per heavy atom. The minimum absolute atomic E-state index is 0.0927. The Kier molecular flexibility index (Phi) is 4.92. The third-order valence-electron chi connectivity index (χ3n) is 2.14. The summed E-state index contributed by atoms with van der Waals surface area (Å²) in [5, 5.41) is 2.42. The molecule has 0 aliphatic carbocycles. The maximum Gasteiger partial charge on any atom is 0.354 e. The summed E-state index contributed by atoms with van der Waals surface area (Å²) in [5.41, 5.74) is 0.847. The molecule has 0 saturated heterocycles. The van der Waals surface area contributed by atoms with Gasteiger partial charge in [-0.05, 0) is 23.8 Å². The fourth-order valence-electron chi connectivity index (χ4n) is 1.31. The lowest BCUT2D eigenvalue weighted by atomic mass is 10.2. The van der Waals surface area contributed by atoms with Gasteiger partial charge in [-0.3, -0.25) is 4.79 Å². The number of methoxy groups -OCH3 is 2. The SMILES string of the molecule is COC(=O)/[13C](=C\c1ccc(OC)cc1)NC(C)=O. The van der Waals surface area contributed by atoms with Crippen LogP contribution in [-0.2, 0) is 14.3 Å². The van der Waals surface area contributed by atoms with Gasteiger partial charge in [-0.2, -0.15) is 0 Å². The molecule has 0 fully saturated rings. The quantitative estimate of drug-likeness (QED) is 0.497. The molecular formula is C13H15NO4. The summed E-state index contributed by atoms with van der Waals surface area (Å²) in [6.07, 6.45) is 1.53. The van der Waals surface area contributed by atoms with Crippen LogP contribution < -0.4 is 10.1 Å². The molecule has 0 bridgehead atoms. The first-order valence-electron chi connectivity index (χ1n) is 5.28. The Hall–Kier alpha value is -2.30. The highest BCUT2D eigenvalue weighted by atomic mass is 16.5. The molecule has 5 nitrogen and oxygen atoms in total. The third-order valence-corrected chi connectivity index (χ3v) is 2.14. The van der Waals surface area contributed by atoms with Crippen molar-refractivity contribution in [2.75, 3.05) is 14.2 Å². The van der Waals surface area contributed by atoms with Crippen molar-refractivity contribution >= 4 is 18.0 Å². The minimum atomic E-state index is -0.596. The first-order chi connectivity index (χ1) is 8.56. The van der Waals surface area contributed by atoms with Crippen molar-refractivity contribution in [1.82, 2.24) is 5.32 Å². The van der Waals surface area contributed by atoms with E-state index in [1.807, 2.05) is 0 Å². The zero-order chi connectivity index (χ0) is 13.5. The van der Waals surface area contributed by atoms with Crippen LogP contribution in [0.5, 0.6) is 5.75 Å². The van der Waals surface area contributed by atoms with E-state index in [2.05, 4.69) is 10.1 Å². The molecule has 1 aromatic carbocycles. The van der Waals surface area contributed by atoms with Crippen molar-refractivity contribution in [2.24, 2.45) is 0 Å². The maximum absolute atomic E-state index is 11.4. The van der Waals surface area contributed by atoms with E-state index >= 15 is 0 Å².